The van der Waals surface area contributed by atoms with Crippen molar-refractivity contribution in [3.8, 4) is 11.1 Å². The van der Waals surface area contributed by atoms with Gasteiger partial charge in [0.15, 0.2) is 5.82 Å². The average Bonchev–Trinajstić information content (AvgIpc) is 2.70. The summed E-state index contributed by atoms with van der Waals surface area (Å²) in [5, 5.41) is 0.725. The largest absolute Gasteiger partial charge is 0.368 e. The molecule has 152 valence electrons. The molecule has 3 N–H and O–H groups in total. The summed E-state index contributed by atoms with van der Waals surface area (Å²) in [7, 11) is -4.14. The van der Waals surface area contributed by atoms with Crippen LogP contribution in [-0.2, 0) is 10.0 Å². The first-order valence-electron chi connectivity index (χ1n) is 8.53. The molecule has 0 unspecified atom stereocenters. The Hall–Kier alpha value is -3.30. The van der Waals surface area contributed by atoms with Crippen LogP contribution in [-0.4, -0.2) is 18.4 Å². The van der Waals surface area contributed by atoms with Gasteiger partial charge in [0, 0.05) is 16.6 Å². The highest BCUT2D eigenvalue weighted by Gasteiger charge is 2.21. The molecule has 30 heavy (non-hydrogen) atoms. The minimum absolute atomic E-state index is 0.0741. The third-order valence-corrected chi connectivity index (χ3v) is 5.93. The zero-order valence-corrected chi connectivity index (χ0v) is 16.7. The molecule has 1 aromatic heterocycles. The third kappa shape index (κ3) is 3.77. The van der Waals surface area contributed by atoms with Crippen molar-refractivity contribution in [2.45, 2.75) is 4.90 Å². The fraction of sp³-hybridized carbons (Fsp3) is 0. The predicted octanol–water partition coefficient (Wildman–Crippen LogP) is 4.61. The van der Waals surface area contributed by atoms with E-state index in [9.17, 15) is 12.8 Å². The normalized spacial score (nSPS) is 11.6. The highest BCUT2D eigenvalue weighted by Crippen LogP contribution is 2.33. The van der Waals surface area contributed by atoms with E-state index in [4.69, 9.17) is 17.3 Å². The average molecular weight is 447 g/mol. The molecule has 1 heterocycles. The second kappa shape index (κ2) is 7.51. The van der Waals surface area contributed by atoms with Crippen molar-refractivity contribution >= 4 is 44.2 Å². The van der Waals surface area contributed by atoms with Gasteiger partial charge < -0.3 is 5.73 Å². The molecule has 0 aliphatic rings. The minimum Gasteiger partial charge on any atom is -0.368 e. The Morgan fingerprint density at radius 1 is 1.03 bits per heavy atom. The Balaban J connectivity index is 1.78. The molecule has 0 aliphatic carbocycles. The maximum atomic E-state index is 15.2. The van der Waals surface area contributed by atoms with E-state index in [0.29, 0.717) is 10.9 Å². The smallest absolute Gasteiger partial charge is 0.262 e. The molecule has 0 bridgehead atoms. The predicted molar refractivity (Wildman–Crippen MR) is 112 cm³/mol. The fourth-order valence-electron chi connectivity index (χ4n) is 2.94. The fourth-order valence-corrected chi connectivity index (χ4v) is 4.30. The molecule has 0 saturated heterocycles. The van der Waals surface area contributed by atoms with Gasteiger partial charge in [-0.25, -0.2) is 27.2 Å². The van der Waals surface area contributed by atoms with Crippen LogP contribution in [0.15, 0.2) is 65.7 Å². The molecule has 0 aliphatic heterocycles. The number of nitrogen functional groups attached to an aromatic ring is 1. The molecular weight excluding hydrogens is 434 g/mol. The summed E-state index contributed by atoms with van der Waals surface area (Å²) in [5.41, 5.74) is 5.44. The number of anilines is 2. The van der Waals surface area contributed by atoms with Crippen LogP contribution in [0.25, 0.3) is 22.0 Å². The molecule has 10 heteroatoms. The molecular formula is C20H13ClF2N4O2S. The molecule has 3 aromatic carbocycles. The molecule has 4 rings (SSSR count). The summed E-state index contributed by atoms with van der Waals surface area (Å²) in [5.74, 6) is -1.84. The SMILES string of the molecule is Nc1ncc2cc(-c3c(F)ccc(NS(=O)(=O)c4cccc(Cl)c4)c3F)ccc2n1. The van der Waals surface area contributed by atoms with Crippen molar-refractivity contribution in [2.75, 3.05) is 10.5 Å². The summed E-state index contributed by atoms with van der Waals surface area (Å²) >= 11 is 5.83. The number of fused-ring (bicyclic) bond motifs is 1. The highest BCUT2D eigenvalue weighted by atomic mass is 35.5. The van der Waals surface area contributed by atoms with E-state index >= 15 is 4.39 Å². The summed E-state index contributed by atoms with van der Waals surface area (Å²) in [6, 6.07) is 12.0. The number of rotatable bonds is 4. The number of benzene rings is 3. The first-order chi connectivity index (χ1) is 14.2. The number of hydrogen-bond acceptors (Lipinski definition) is 5. The van der Waals surface area contributed by atoms with E-state index in [0.717, 1.165) is 12.1 Å². The van der Waals surface area contributed by atoms with Crippen LogP contribution in [0.5, 0.6) is 0 Å². The van der Waals surface area contributed by atoms with Crippen LogP contribution in [0.1, 0.15) is 0 Å². The van der Waals surface area contributed by atoms with Crippen molar-refractivity contribution in [1.82, 2.24) is 9.97 Å². The minimum atomic E-state index is -4.14. The first-order valence-corrected chi connectivity index (χ1v) is 10.4. The number of nitrogens with two attached hydrogens (primary N) is 1. The molecule has 0 amide bonds. The summed E-state index contributed by atoms with van der Waals surface area (Å²) < 4.78 is 57.0. The summed E-state index contributed by atoms with van der Waals surface area (Å²) in [4.78, 5) is 7.76. The summed E-state index contributed by atoms with van der Waals surface area (Å²) in [6.07, 6.45) is 1.43. The van der Waals surface area contributed by atoms with Gasteiger partial charge >= 0.3 is 0 Å². The lowest BCUT2D eigenvalue weighted by molar-refractivity contribution is 0.588. The van der Waals surface area contributed by atoms with Gasteiger partial charge in [0.25, 0.3) is 10.0 Å². The quantitative estimate of drug-likeness (QED) is 0.477. The topological polar surface area (TPSA) is 98.0 Å². The van der Waals surface area contributed by atoms with Gasteiger partial charge in [0.1, 0.15) is 5.82 Å². The van der Waals surface area contributed by atoms with Gasteiger partial charge in [0.2, 0.25) is 5.95 Å². The number of aromatic nitrogens is 2. The molecule has 0 saturated carbocycles. The van der Waals surface area contributed by atoms with Gasteiger partial charge in [-0.3, -0.25) is 4.72 Å². The van der Waals surface area contributed by atoms with Gasteiger partial charge in [-0.15, -0.1) is 0 Å². The van der Waals surface area contributed by atoms with E-state index in [2.05, 4.69) is 14.7 Å². The number of nitrogens with one attached hydrogen (secondary N) is 1. The Labute approximate surface area is 175 Å². The molecule has 0 atom stereocenters. The lowest BCUT2D eigenvalue weighted by atomic mass is 10.0. The van der Waals surface area contributed by atoms with E-state index in [1.165, 1.54) is 42.6 Å². The van der Waals surface area contributed by atoms with Crippen LogP contribution in [0.4, 0.5) is 20.4 Å². The molecule has 0 radical (unpaired) electrons. The lowest BCUT2D eigenvalue weighted by Crippen LogP contribution is -2.14. The van der Waals surface area contributed by atoms with Crippen molar-refractivity contribution < 1.29 is 17.2 Å². The Morgan fingerprint density at radius 3 is 2.60 bits per heavy atom. The second-order valence-corrected chi connectivity index (χ2v) is 8.47. The highest BCUT2D eigenvalue weighted by molar-refractivity contribution is 7.92. The maximum absolute atomic E-state index is 15.2. The molecule has 6 nitrogen and oxygen atoms in total. The standard InChI is InChI=1S/C20H13ClF2N4O2S/c21-13-2-1-3-14(9-13)30(28,29)27-17-7-5-15(22)18(19(17)23)11-4-6-16-12(8-11)10-25-20(24)26-16/h1-10,27H,(H2,24,25,26). The van der Waals surface area contributed by atoms with Crippen LogP contribution in [0.3, 0.4) is 0 Å². The van der Waals surface area contributed by atoms with E-state index in [1.54, 1.807) is 6.07 Å². The zero-order chi connectivity index (χ0) is 21.5. The van der Waals surface area contributed by atoms with Gasteiger partial charge in [-0.1, -0.05) is 23.7 Å². The van der Waals surface area contributed by atoms with Crippen molar-refractivity contribution in [3.63, 3.8) is 0 Å². The molecule has 0 fully saturated rings. The Morgan fingerprint density at radius 2 is 1.83 bits per heavy atom. The van der Waals surface area contributed by atoms with Crippen LogP contribution >= 0.6 is 11.6 Å². The van der Waals surface area contributed by atoms with Crippen molar-refractivity contribution in [2.24, 2.45) is 0 Å². The van der Waals surface area contributed by atoms with Crippen LogP contribution < -0.4 is 10.5 Å². The lowest BCUT2D eigenvalue weighted by Gasteiger charge is -2.13. The van der Waals surface area contributed by atoms with Crippen LogP contribution in [0.2, 0.25) is 5.02 Å². The number of nitrogens with zero attached hydrogens (tertiary/aromatic N) is 2. The Bertz CT molecular complexity index is 1400. The number of sulfonamides is 1. The van der Waals surface area contributed by atoms with E-state index in [1.807, 2.05) is 0 Å². The monoisotopic (exact) mass is 446 g/mol. The Kier molecular flexibility index (Phi) is 5.00. The van der Waals surface area contributed by atoms with Gasteiger partial charge in [-0.2, -0.15) is 0 Å². The number of halogens is 3. The maximum Gasteiger partial charge on any atom is 0.262 e. The summed E-state index contributed by atoms with van der Waals surface area (Å²) in [6.45, 7) is 0. The van der Waals surface area contributed by atoms with E-state index in [-0.39, 0.29) is 27.0 Å². The van der Waals surface area contributed by atoms with Gasteiger partial charge in [0.05, 0.1) is 21.7 Å². The molecule has 4 aromatic rings. The number of hydrogen-bond donors (Lipinski definition) is 2. The van der Waals surface area contributed by atoms with Crippen LogP contribution in [0, 0.1) is 11.6 Å². The van der Waals surface area contributed by atoms with Gasteiger partial charge in [-0.05, 0) is 48.0 Å². The van der Waals surface area contributed by atoms with Crippen molar-refractivity contribution in [1.29, 1.82) is 0 Å². The first kappa shape index (κ1) is 20.0. The van der Waals surface area contributed by atoms with Crippen molar-refractivity contribution in [3.05, 3.63) is 77.5 Å². The second-order valence-electron chi connectivity index (χ2n) is 6.35. The third-order valence-electron chi connectivity index (χ3n) is 4.33. The zero-order valence-electron chi connectivity index (χ0n) is 15.1. The van der Waals surface area contributed by atoms with E-state index < -0.39 is 27.3 Å². The molecule has 0 spiro atoms.